The average molecular weight is 636 g/mol. The van der Waals surface area contributed by atoms with Crippen molar-refractivity contribution >= 4 is 49.3 Å². The third-order valence-electron chi connectivity index (χ3n) is 9.57. The molecule has 230 valence electrons. The molecule has 0 atom stereocenters. The summed E-state index contributed by atoms with van der Waals surface area (Å²) in [6.45, 7) is 7.99. The molecule has 0 fully saturated rings. The maximum Gasteiger partial charge on any atom is 0.211 e. The lowest BCUT2D eigenvalue weighted by Gasteiger charge is -2.16. The van der Waals surface area contributed by atoms with Crippen molar-refractivity contribution in [1.29, 1.82) is 10.5 Å². The van der Waals surface area contributed by atoms with Crippen molar-refractivity contribution in [2.75, 3.05) is 0 Å². The second-order valence-electron chi connectivity index (χ2n) is 12.3. The van der Waals surface area contributed by atoms with Gasteiger partial charge in [0.1, 0.15) is 0 Å². The monoisotopic (exact) mass is 635 g/mol. The highest BCUT2D eigenvalue weighted by Gasteiger charge is 2.19. The number of hydrogen-bond acceptors (Lipinski definition) is 2. The summed E-state index contributed by atoms with van der Waals surface area (Å²) in [7, 11) is 0. The zero-order valence-electron chi connectivity index (χ0n) is 26.7. The molecule has 0 radical (unpaired) electrons. The average Bonchev–Trinajstić information content (AvgIpc) is 3.70. The van der Waals surface area contributed by atoms with Crippen molar-refractivity contribution < 1.29 is 0 Å². The van der Waals surface area contributed by atoms with Gasteiger partial charge in [0.05, 0.1) is 57.6 Å². The first-order valence-corrected chi connectivity index (χ1v) is 16.3. The molecule has 0 spiro atoms. The van der Waals surface area contributed by atoms with Crippen LogP contribution >= 0.6 is 0 Å². The van der Waals surface area contributed by atoms with Crippen molar-refractivity contribution in [2.24, 2.45) is 0 Å². The van der Waals surface area contributed by atoms with E-state index in [1.165, 1.54) is 10.8 Å². The number of aromatic nitrogens is 2. The molecule has 0 N–H and O–H groups in total. The first-order valence-electron chi connectivity index (χ1n) is 16.3. The van der Waals surface area contributed by atoms with Gasteiger partial charge in [-0.2, -0.15) is 10.5 Å². The first kappa shape index (κ1) is 28.8. The molecule has 5 nitrogen and oxygen atoms in total. The van der Waals surface area contributed by atoms with Crippen LogP contribution in [0, 0.1) is 29.2 Å². The van der Waals surface area contributed by atoms with Crippen LogP contribution in [0.15, 0.2) is 152 Å². The van der Waals surface area contributed by atoms with Crippen molar-refractivity contribution in [2.45, 2.75) is 0 Å². The SMILES string of the molecule is [C-]#[N+]c1cccc2c3cc(C#N)ccc3n(-c3ccccc3-c3cc(C#N)cc(-c4ccc(-n5c6ccccc6c6ccccc65)cc4)c3)c12. The molecule has 7 aromatic carbocycles. The van der Waals surface area contributed by atoms with Gasteiger partial charge in [0.2, 0.25) is 5.69 Å². The van der Waals surface area contributed by atoms with Gasteiger partial charge in [0.25, 0.3) is 0 Å². The molecule has 5 heteroatoms. The minimum absolute atomic E-state index is 0.529. The Morgan fingerprint density at radius 1 is 0.480 bits per heavy atom. The summed E-state index contributed by atoms with van der Waals surface area (Å²) in [6, 6.07) is 55.6. The van der Waals surface area contributed by atoms with E-state index in [2.05, 4.69) is 111 Å². The lowest BCUT2D eigenvalue weighted by Crippen LogP contribution is -1.98. The van der Waals surface area contributed by atoms with E-state index < -0.39 is 0 Å². The van der Waals surface area contributed by atoms with Crippen LogP contribution in [0.1, 0.15) is 11.1 Å². The fraction of sp³-hybridized carbons (Fsp3) is 0. The number of fused-ring (bicyclic) bond motifs is 6. The van der Waals surface area contributed by atoms with Crippen molar-refractivity contribution in [3.8, 4) is 45.8 Å². The second kappa shape index (κ2) is 11.4. The van der Waals surface area contributed by atoms with Crippen LogP contribution in [0.3, 0.4) is 0 Å². The quantitative estimate of drug-likeness (QED) is 0.181. The van der Waals surface area contributed by atoms with Gasteiger partial charge in [-0.05, 0) is 88.8 Å². The highest BCUT2D eigenvalue weighted by molar-refractivity contribution is 6.14. The molecule has 2 heterocycles. The predicted molar refractivity (Wildman–Crippen MR) is 202 cm³/mol. The number of nitriles is 2. The minimum atomic E-state index is 0.529. The molecule has 0 bridgehead atoms. The normalized spacial score (nSPS) is 11.1. The molecule has 0 saturated carbocycles. The number of benzene rings is 7. The van der Waals surface area contributed by atoms with Crippen LogP contribution in [0.2, 0.25) is 0 Å². The van der Waals surface area contributed by atoms with Gasteiger partial charge in [-0.1, -0.05) is 84.9 Å². The molecule has 9 aromatic rings. The number of para-hydroxylation sites is 4. The highest BCUT2D eigenvalue weighted by Crippen LogP contribution is 2.41. The summed E-state index contributed by atoms with van der Waals surface area (Å²) in [5.41, 5.74) is 11.4. The van der Waals surface area contributed by atoms with Gasteiger partial charge in [0, 0.05) is 27.4 Å². The third kappa shape index (κ3) is 4.38. The van der Waals surface area contributed by atoms with E-state index in [4.69, 9.17) is 6.57 Å². The van der Waals surface area contributed by atoms with Gasteiger partial charge < -0.3 is 9.13 Å². The smallest absolute Gasteiger partial charge is 0.211 e. The van der Waals surface area contributed by atoms with Crippen molar-refractivity contribution in [3.63, 3.8) is 0 Å². The molecule has 0 aliphatic rings. The van der Waals surface area contributed by atoms with Gasteiger partial charge in [0.15, 0.2) is 0 Å². The van der Waals surface area contributed by atoms with Crippen LogP contribution in [0.4, 0.5) is 5.69 Å². The lowest BCUT2D eigenvalue weighted by molar-refractivity contribution is 1.18. The van der Waals surface area contributed by atoms with Gasteiger partial charge in [-0.15, -0.1) is 0 Å². The van der Waals surface area contributed by atoms with E-state index in [1.54, 1.807) is 0 Å². The van der Waals surface area contributed by atoms with Crippen LogP contribution < -0.4 is 0 Å². The van der Waals surface area contributed by atoms with Gasteiger partial charge in [-0.25, -0.2) is 4.85 Å². The topological polar surface area (TPSA) is 61.8 Å². The van der Waals surface area contributed by atoms with E-state index in [0.29, 0.717) is 16.8 Å². The summed E-state index contributed by atoms with van der Waals surface area (Å²) < 4.78 is 4.41. The summed E-state index contributed by atoms with van der Waals surface area (Å²) in [5, 5.41) is 24.1. The second-order valence-corrected chi connectivity index (χ2v) is 12.3. The van der Waals surface area contributed by atoms with Crippen LogP contribution in [0.25, 0.3) is 82.1 Å². The molecule has 0 saturated heterocycles. The first-order chi connectivity index (χ1) is 24.7. The Balaban J connectivity index is 1.21. The molecule has 0 aliphatic heterocycles. The summed E-state index contributed by atoms with van der Waals surface area (Å²) in [4.78, 5) is 3.88. The highest BCUT2D eigenvalue weighted by atomic mass is 15.0. The van der Waals surface area contributed by atoms with E-state index in [-0.39, 0.29) is 0 Å². The van der Waals surface area contributed by atoms with Crippen molar-refractivity contribution in [1.82, 2.24) is 9.13 Å². The summed E-state index contributed by atoms with van der Waals surface area (Å²) >= 11 is 0. The number of rotatable bonds is 4. The molecular weight excluding hydrogens is 611 g/mol. The fourth-order valence-electron chi connectivity index (χ4n) is 7.39. The molecule has 0 aliphatic carbocycles. The van der Waals surface area contributed by atoms with E-state index in [1.807, 2.05) is 66.7 Å². The van der Waals surface area contributed by atoms with Gasteiger partial charge in [-0.3, -0.25) is 0 Å². The Morgan fingerprint density at radius 3 is 1.84 bits per heavy atom. The standard InChI is InChI=1S/C45H25N5/c1-48-40-13-8-12-38-39-25-29(27-46)17-22-44(39)50(45(38)40)41-14-5-2-9-35(41)33-24-30(28-47)23-32(26-33)31-18-20-34(21-19-31)49-42-15-6-3-10-36(42)37-11-4-7-16-43(37)49/h2-26H. The Hall–Kier alpha value is -7.39. The molecule has 50 heavy (non-hydrogen) atoms. The summed E-state index contributed by atoms with van der Waals surface area (Å²) in [6.07, 6.45) is 0. The number of nitrogens with zero attached hydrogens (tertiary/aromatic N) is 5. The predicted octanol–water partition coefficient (Wildman–Crippen LogP) is 11.5. The van der Waals surface area contributed by atoms with Crippen molar-refractivity contribution in [3.05, 3.63) is 174 Å². The molecule has 2 aromatic heterocycles. The van der Waals surface area contributed by atoms with E-state index in [9.17, 15) is 10.5 Å². The molecular formula is C45H25N5. The zero-order valence-corrected chi connectivity index (χ0v) is 26.7. The Kier molecular flexibility index (Phi) is 6.56. The zero-order chi connectivity index (χ0) is 33.8. The fourth-order valence-corrected chi connectivity index (χ4v) is 7.39. The Morgan fingerprint density at radius 2 is 1.12 bits per heavy atom. The van der Waals surface area contributed by atoms with Crippen LogP contribution in [0.5, 0.6) is 0 Å². The minimum Gasteiger partial charge on any atom is -0.318 e. The lowest BCUT2D eigenvalue weighted by atomic mass is 9.95. The molecule has 0 amide bonds. The van der Waals surface area contributed by atoms with Crippen LogP contribution in [-0.4, -0.2) is 9.13 Å². The maximum atomic E-state index is 10.2. The molecule has 9 rings (SSSR count). The Bertz CT molecular complexity index is 2900. The van der Waals surface area contributed by atoms with E-state index in [0.717, 1.165) is 66.5 Å². The van der Waals surface area contributed by atoms with E-state index >= 15 is 0 Å². The van der Waals surface area contributed by atoms with Gasteiger partial charge >= 0.3 is 0 Å². The Labute approximate surface area is 288 Å². The molecule has 0 unspecified atom stereocenters. The largest absolute Gasteiger partial charge is 0.318 e. The van der Waals surface area contributed by atoms with Crippen LogP contribution in [-0.2, 0) is 0 Å². The number of hydrogen-bond donors (Lipinski definition) is 0. The summed E-state index contributed by atoms with van der Waals surface area (Å²) in [5.74, 6) is 0. The third-order valence-corrected chi connectivity index (χ3v) is 9.57. The maximum absolute atomic E-state index is 10.2.